The van der Waals surface area contributed by atoms with Gasteiger partial charge in [0.1, 0.15) is 0 Å². The molecule has 0 saturated carbocycles. The molecule has 0 spiro atoms. The highest BCUT2D eigenvalue weighted by Gasteiger charge is 2.33. The molecule has 1 N–H and O–H groups in total. The van der Waals surface area contributed by atoms with E-state index in [4.69, 9.17) is 0 Å². The van der Waals surface area contributed by atoms with E-state index in [-0.39, 0.29) is 5.91 Å². The van der Waals surface area contributed by atoms with Gasteiger partial charge in [-0.25, -0.2) is 0 Å². The fourth-order valence-corrected chi connectivity index (χ4v) is 3.95. The molecule has 0 bridgehead atoms. The quantitative estimate of drug-likeness (QED) is 0.885. The Balaban J connectivity index is 1.52. The number of benzene rings is 1. The summed E-state index contributed by atoms with van der Waals surface area (Å²) in [7, 11) is 1.89. The number of carbonyl (C=O) groups is 1. The monoisotopic (exact) mass is 365 g/mol. The topological polar surface area (TPSA) is 35.6 Å². The number of nitrogens with zero attached hydrogens (tertiary/aromatic N) is 2. The minimum Gasteiger partial charge on any atom is -0.340 e. The summed E-state index contributed by atoms with van der Waals surface area (Å²) in [5.41, 5.74) is 1.15. The average Bonchev–Trinajstić information content (AvgIpc) is 2.97. The first kappa shape index (κ1) is 16.0. The smallest absolute Gasteiger partial charge is 0.236 e. The first-order valence-corrected chi connectivity index (χ1v) is 8.83. The number of rotatable bonds is 4. The number of nitrogens with one attached hydrogen (secondary N) is 1. The molecule has 2 atom stereocenters. The summed E-state index contributed by atoms with van der Waals surface area (Å²) in [5.74, 6) is 1.76. The number of hydrogen-bond acceptors (Lipinski definition) is 3. The Kier molecular flexibility index (Phi) is 5.16. The fraction of sp³-hybridized carbons (Fsp3) is 0.588. The van der Waals surface area contributed by atoms with Crippen molar-refractivity contribution in [1.82, 2.24) is 15.1 Å². The number of halogens is 1. The lowest BCUT2D eigenvalue weighted by Gasteiger charge is -2.34. The van der Waals surface area contributed by atoms with Crippen LogP contribution in [0.5, 0.6) is 0 Å². The van der Waals surface area contributed by atoms with Crippen molar-refractivity contribution in [2.75, 3.05) is 39.8 Å². The van der Waals surface area contributed by atoms with E-state index in [0.717, 1.165) is 48.1 Å². The summed E-state index contributed by atoms with van der Waals surface area (Å²) in [6.45, 7) is 5.59. The van der Waals surface area contributed by atoms with E-state index in [1.54, 1.807) is 0 Å². The van der Waals surface area contributed by atoms with Gasteiger partial charge < -0.3 is 10.2 Å². The van der Waals surface area contributed by atoms with Crippen LogP contribution < -0.4 is 5.32 Å². The third kappa shape index (κ3) is 3.70. The zero-order chi connectivity index (χ0) is 15.5. The van der Waals surface area contributed by atoms with E-state index < -0.39 is 0 Å². The number of amides is 1. The molecule has 3 rings (SSSR count). The Morgan fingerprint density at radius 3 is 2.95 bits per heavy atom. The van der Waals surface area contributed by atoms with E-state index in [1.807, 2.05) is 30.1 Å². The van der Waals surface area contributed by atoms with Gasteiger partial charge in [0.05, 0.1) is 6.54 Å². The van der Waals surface area contributed by atoms with Crippen LogP contribution in [0.25, 0.3) is 0 Å². The largest absolute Gasteiger partial charge is 0.340 e. The highest BCUT2D eigenvalue weighted by atomic mass is 79.9. The summed E-state index contributed by atoms with van der Waals surface area (Å²) in [5, 5.41) is 3.47. The lowest BCUT2D eigenvalue weighted by atomic mass is 9.89. The van der Waals surface area contributed by atoms with Crippen LogP contribution in [0.3, 0.4) is 0 Å². The summed E-state index contributed by atoms with van der Waals surface area (Å²) in [6, 6.07) is 8.08. The summed E-state index contributed by atoms with van der Waals surface area (Å²) in [6.07, 6.45) is 1.22. The molecule has 2 aliphatic rings. The summed E-state index contributed by atoms with van der Waals surface area (Å²) < 4.78 is 1.06. The van der Waals surface area contributed by atoms with Crippen molar-refractivity contribution in [2.45, 2.75) is 13.0 Å². The maximum atomic E-state index is 12.5. The van der Waals surface area contributed by atoms with Crippen LogP contribution in [-0.2, 0) is 11.3 Å². The molecular formula is C17H24BrN3O. The normalized spacial score (nSPS) is 25.0. The number of fused-ring (bicyclic) bond motifs is 1. The lowest BCUT2D eigenvalue weighted by Crippen LogP contribution is -2.45. The molecular weight excluding hydrogens is 342 g/mol. The second kappa shape index (κ2) is 7.11. The fourth-order valence-electron chi connectivity index (χ4n) is 3.54. The van der Waals surface area contributed by atoms with Crippen molar-refractivity contribution in [3.8, 4) is 0 Å². The first-order valence-electron chi connectivity index (χ1n) is 8.04. The predicted octanol–water partition coefficient (Wildman–Crippen LogP) is 1.95. The molecule has 1 amide bonds. The summed E-state index contributed by atoms with van der Waals surface area (Å²) in [4.78, 5) is 16.6. The van der Waals surface area contributed by atoms with Crippen LogP contribution in [0.15, 0.2) is 28.7 Å². The first-order chi connectivity index (χ1) is 10.6. The van der Waals surface area contributed by atoms with Gasteiger partial charge in [0.2, 0.25) is 5.91 Å². The van der Waals surface area contributed by atoms with E-state index in [2.05, 4.69) is 32.2 Å². The number of piperidine rings is 1. The van der Waals surface area contributed by atoms with Gasteiger partial charge >= 0.3 is 0 Å². The number of hydrogen-bond donors (Lipinski definition) is 1. The van der Waals surface area contributed by atoms with Crippen LogP contribution in [0.2, 0.25) is 0 Å². The molecule has 0 radical (unpaired) electrons. The molecule has 22 heavy (non-hydrogen) atoms. The van der Waals surface area contributed by atoms with Crippen LogP contribution in [0.1, 0.15) is 12.0 Å². The Morgan fingerprint density at radius 2 is 2.14 bits per heavy atom. The number of likely N-dealkylation sites (tertiary alicyclic amines) is 1. The lowest BCUT2D eigenvalue weighted by molar-refractivity contribution is -0.132. The minimum absolute atomic E-state index is 0.208. The Labute approximate surface area is 141 Å². The number of carbonyl (C=O) groups excluding carboxylic acids is 1. The van der Waals surface area contributed by atoms with Gasteiger partial charge in [0, 0.05) is 24.6 Å². The molecule has 120 valence electrons. The maximum absolute atomic E-state index is 12.5. The van der Waals surface area contributed by atoms with E-state index in [1.165, 1.54) is 6.42 Å². The zero-order valence-corrected chi connectivity index (χ0v) is 14.7. The van der Waals surface area contributed by atoms with Gasteiger partial charge in [-0.2, -0.15) is 0 Å². The molecule has 2 heterocycles. The van der Waals surface area contributed by atoms with Crippen molar-refractivity contribution < 1.29 is 4.79 Å². The number of likely N-dealkylation sites (N-methyl/N-ethyl adjacent to an activating group) is 1. The molecule has 5 heteroatoms. The van der Waals surface area contributed by atoms with Gasteiger partial charge in [0.25, 0.3) is 0 Å². The van der Waals surface area contributed by atoms with Crippen LogP contribution in [0, 0.1) is 11.8 Å². The second-order valence-electron chi connectivity index (χ2n) is 6.54. The van der Waals surface area contributed by atoms with Crippen molar-refractivity contribution >= 4 is 21.8 Å². The van der Waals surface area contributed by atoms with Crippen LogP contribution >= 0.6 is 15.9 Å². The molecule has 1 aromatic carbocycles. The van der Waals surface area contributed by atoms with Crippen molar-refractivity contribution in [3.05, 3.63) is 34.3 Å². The van der Waals surface area contributed by atoms with Gasteiger partial charge in [-0.3, -0.25) is 9.69 Å². The van der Waals surface area contributed by atoms with Crippen LogP contribution in [0.4, 0.5) is 0 Å². The molecule has 0 aromatic heterocycles. The van der Waals surface area contributed by atoms with Gasteiger partial charge in [-0.15, -0.1) is 0 Å². The third-order valence-corrected chi connectivity index (χ3v) is 5.71. The summed E-state index contributed by atoms with van der Waals surface area (Å²) >= 11 is 3.55. The van der Waals surface area contributed by atoms with Gasteiger partial charge in [-0.05, 0) is 49.5 Å². The molecule has 4 nitrogen and oxygen atoms in total. The van der Waals surface area contributed by atoms with E-state index >= 15 is 0 Å². The van der Waals surface area contributed by atoms with Crippen molar-refractivity contribution in [3.63, 3.8) is 0 Å². The van der Waals surface area contributed by atoms with Crippen LogP contribution in [-0.4, -0.2) is 55.5 Å². The SMILES string of the molecule is CN(Cc1ccccc1Br)C(=O)CN1CCC2CNCC2C1. The molecule has 2 saturated heterocycles. The molecule has 2 unspecified atom stereocenters. The third-order valence-electron chi connectivity index (χ3n) is 4.94. The highest BCUT2D eigenvalue weighted by molar-refractivity contribution is 9.10. The maximum Gasteiger partial charge on any atom is 0.236 e. The molecule has 1 aromatic rings. The van der Waals surface area contributed by atoms with E-state index in [0.29, 0.717) is 13.1 Å². The van der Waals surface area contributed by atoms with Gasteiger partial charge in [0.15, 0.2) is 0 Å². The van der Waals surface area contributed by atoms with Crippen molar-refractivity contribution in [2.24, 2.45) is 11.8 Å². The molecule has 0 aliphatic carbocycles. The minimum atomic E-state index is 0.208. The van der Waals surface area contributed by atoms with Crippen molar-refractivity contribution in [1.29, 1.82) is 0 Å². The second-order valence-corrected chi connectivity index (χ2v) is 7.40. The van der Waals surface area contributed by atoms with Gasteiger partial charge in [-0.1, -0.05) is 34.1 Å². The standard InChI is InChI=1S/C17H24BrN3O/c1-20(10-14-4-2-3-5-16(14)18)17(22)12-21-7-6-13-8-19-9-15(13)11-21/h2-5,13,15,19H,6-12H2,1H3. The molecule has 2 fully saturated rings. The van der Waals surface area contributed by atoms with E-state index in [9.17, 15) is 4.79 Å². The zero-order valence-electron chi connectivity index (χ0n) is 13.1. The highest BCUT2D eigenvalue weighted by Crippen LogP contribution is 2.26. The Morgan fingerprint density at radius 1 is 1.36 bits per heavy atom. The Bertz CT molecular complexity index is 536. The average molecular weight is 366 g/mol. The Hall–Kier alpha value is -0.910. The molecule has 2 aliphatic heterocycles. The predicted molar refractivity (Wildman–Crippen MR) is 91.5 cm³/mol.